The standard InChI is InChI=1S/C25H18F3N3O3/c26-25(27,28)19-8-4-5-9-20(19)29-22(32)15-31-23(33)21(30-24(31)34)14-16-10-12-18(13-11-16)17-6-2-1-3-7-17/h1-14H,15H2,(H,29,32)(H,30,34)/b21-14-. The molecule has 0 atom stereocenters. The second-order valence-corrected chi connectivity index (χ2v) is 7.46. The Morgan fingerprint density at radius 1 is 0.882 bits per heavy atom. The molecular weight excluding hydrogens is 447 g/mol. The quantitative estimate of drug-likeness (QED) is 0.416. The molecule has 6 nitrogen and oxygen atoms in total. The lowest BCUT2D eigenvalue weighted by Crippen LogP contribution is -2.38. The molecule has 0 bridgehead atoms. The smallest absolute Gasteiger partial charge is 0.324 e. The molecule has 1 fully saturated rings. The van der Waals surface area contributed by atoms with Crippen LogP contribution in [0.4, 0.5) is 23.7 Å². The van der Waals surface area contributed by atoms with Crippen LogP contribution in [-0.2, 0) is 15.8 Å². The normalized spacial score (nSPS) is 14.9. The average molecular weight is 465 g/mol. The molecule has 0 aromatic heterocycles. The van der Waals surface area contributed by atoms with E-state index < -0.39 is 41.8 Å². The zero-order chi connectivity index (χ0) is 24.3. The third-order valence-electron chi connectivity index (χ3n) is 5.10. The molecule has 34 heavy (non-hydrogen) atoms. The maximum absolute atomic E-state index is 13.1. The van der Waals surface area contributed by atoms with Crippen LogP contribution in [0.1, 0.15) is 11.1 Å². The van der Waals surface area contributed by atoms with Crippen molar-refractivity contribution < 1.29 is 27.6 Å². The number of benzene rings is 3. The molecule has 4 rings (SSSR count). The Labute approximate surface area is 192 Å². The Morgan fingerprint density at radius 2 is 1.50 bits per heavy atom. The van der Waals surface area contributed by atoms with E-state index in [1.807, 2.05) is 42.5 Å². The molecule has 3 aromatic carbocycles. The van der Waals surface area contributed by atoms with E-state index in [4.69, 9.17) is 0 Å². The molecule has 1 aliphatic heterocycles. The molecule has 9 heteroatoms. The molecule has 0 radical (unpaired) electrons. The van der Waals surface area contributed by atoms with Gasteiger partial charge < -0.3 is 10.6 Å². The Bertz CT molecular complexity index is 1270. The van der Waals surface area contributed by atoms with Crippen LogP contribution in [0.15, 0.2) is 84.6 Å². The highest BCUT2D eigenvalue weighted by molar-refractivity contribution is 6.16. The van der Waals surface area contributed by atoms with Crippen LogP contribution in [-0.4, -0.2) is 29.3 Å². The third-order valence-corrected chi connectivity index (χ3v) is 5.10. The van der Waals surface area contributed by atoms with E-state index in [0.717, 1.165) is 23.3 Å². The first-order valence-corrected chi connectivity index (χ1v) is 10.2. The molecule has 4 amide bonds. The van der Waals surface area contributed by atoms with E-state index in [0.29, 0.717) is 10.5 Å². The number of imide groups is 1. The fraction of sp³-hybridized carbons (Fsp3) is 0.0800. The van der Waals surface area contributed by atoms with Gasteiger partial charge in [-0.05, 0) is 34.9 Å². The number of rotatable bonds is 5. The van der Waals surface area contributed by atoms with Crippen LogP contribution in [0.5, 0.6) is 0 Å². The van der Waals surface area contributed by atoms with Crippen molar-refractivity contribution in [3.8, 4) is 11.1 Å². The summed E-state index contributed by atoms with van der Waals surface area (Å²) >= 11 is 0. The van der Waals surface area contributed by atoms with Gasteiger partial charge in [-0.15, -0.1) is 0 Å². The molecule has 1 saturated heterocycles. The van der Waals surface area contributed by atoms with E-state index >= 15 is 0 Å². The molecule has 0 saturated carbocycles. The van der Waals surface area contributed by atoms with E-state index in [1.54, 1.807) is 12.1 Å². The van der Waals surface area contributed by atoms with Gasteiger partial charge in [0.25, 0.3) is 5.91 Å². The number of hydrogen-bond donors (Lipinski definition) is 2. The highest BCUT2D eigenvalue weighted by Crippen LogP contribution is 2.34. The van der Waals surface area contributed by atoms with Crippen LogP contribution < -0.4 is 10.6 Å². The van der Waals surface area contributed by atoms with Gasteiger partial charge in [0.15, 0.2) is 0 Å². The molecule has 1 aliphatic rings. The summed E-state index contributed by atoms with van der Waals surface area (Å²) in [7, 11) is 0. The predicted octanol–water partition coefficient (Wildman–Crippen LogP) is 4.90. The Kier molecular flexibility index (Phi) is 6.18. The fourth-order valence-electron chi connectivity index (χ4n) is 3.46. The number of hydrogen-bond acceptors (Lipinski definition) is 3. The van der Waals surface area contributed by atoms with Crippen molar-refractivity contribution in [2.75, 3.05) is 11.9 Å². The van der Waals surface area contributed by atoms with Crippen LogP contribution in [0.3, 0.4) is 0 Å². The van der Waals surface area contributed by atoms with Crippen molar-refractivity contribution in [3.05, 3.63) is 95.7 Å². The van der Waals surface area contributed by atoms with E-state index in [2.05, 4.69) is 10.6 Å². The Morgan fingerprint density at radius 3 is 2.18 bits per heavy atom. The molecule has 172 valence electrons. The summed E-state index contributed by atoms with van der Waals surface area (Å²) in [4.78, 5) is 37.8. The van der Waals surface area contributed by atoms with Gasteiger partial charge in [-0.3, -0.25) is 9.59 Å². The predicted molar refractivity (Wildman–Crippen MR) is 120 cm³/mol. The van der Waals surface area contributed by atoms with Crippen molar-refractivity contribution in [3.63, 3.8) is 0 Å². The van der Waals surface area contributed by atoms with E-state index in [9.17, 15) is 27.6 Å². The van der Waals surface area contributed by atoms with Crippen LogP contribution >= 0.6 is 0 Å². The van der Waals surface area contributed by atoms with Crippen molar-refractivity contribution >= 4 is 29.6 Å². The molecule has 0 spiro atoms. The summed E-state index contributed by atoms with van der Waals surface area (Å²) in [5, 5.41) is 4.51. The van der Waals surface area contributed by atoms with Crippen LogP contribution in [0.25, 0.3) is 17.2 Å². The van der Waals surface area contributed by atoms with Gasteiger partial charge in [-0.2, -0.15) is 13.2 Å². The lowest BCUT2D eigenvalue weighted by Gasteiger charge is -2.15. The summed E-state index contributed by atoms with van der Waals surface area (Å²) in [5.41, 5.74) is 1.12. The van der Waals surface area contributed by atoms with Gasteiger partial charge in [0.05, 0.1) is 11.3 Å². The number of para-hydroxylation sites is 1. The largest absolute Gasteiger partial charge is 0.418 e. The monoisotopic (exact) mass is 465 g/mol. The second-order valence-electron chi connectivity index (χ2n) is 7.46. The van der Waals surface area contributed by atoms with Crippen LogP contribution in [0.2, 0.25) is 0 Å². The van der Waals surface area contributed by atoms with E-state index in [-0.39, 0.29) is 5.70 Å². The molecule has 0 unspecified atom stereocenters. The Hall–Kier alpha value is -4.40. The minimum atomic E-state index is -4.67. The SMILES string of the molecule is O=C(CN1C(=O)N/C(=C\c2ccc(-c3ccccc3)cc2)C1=O)Nc1ccccc1C(F)(F)F. The number of amides is 4. The van der Waals surface area contributed by atoms with Crippen molar-refractivity contribution in [1.29, 1.82) is 0 Å². The van der Waals surface area contributed by atoms with Gasteiger partial charge in [-0.1, -0.05) is 66.7 Å². The van der Waals surface area contributed by atoms with Gasteiger partial charge in [0.1, 0.15) is 12.2 Å². The summed E-state index contributed by atoms with van der Waals surface area (Å²) in [6.07, 6.45) is -3.21. The lowest BCUT2D eigenvalue weighted by molar-refractivity contribution is -0.137. The number of carbonyl (C=O) groups excluding carboxylic acids is 3. The van der Waals surface area contributed by atoms with E-state index in [1.165, 1.54) is 18.2 Å². The number of anilines is 1. The number of nitrogens with one attached hydrogen (secondary N) is 2. The summed E-state index contributed by atoms with van der Waals surface area (Å²) in [5.74, 6) is -1.69. The zero-order valence-electron chi connectivity index (χ0n) is 17.6. The summed E-state index contributed by atoms with van der Waals surface area (Å²) < 4.78 is 39.4. The lowest BCUT2D eigenvalue weighted by atomic mass is 10.0. The van der Waals surface area contributed by atoms with Crippen molar-refractivity contribution in [2.45, 2.75) is 6.18 Å². The average Bonchev–Trinajstić information content (AvgIpc) is 3.07. The number of carbonyl (C=O) groups is 3. The number of alkyl halides is 3. The topological polar surface area (TPSA) is 78.5 Å². The Balaban J connectivity index is 1.45. The minimum absolute atomic E-state index is 0.0408. The number of nitrogens with zero attached hydrogens (tertiary/aromatic N) is 1. The summed E-state index contributed by atoms with van der Waals surface area (Å²) in [6, 6.07) is 20.6. The van der Waals surface area contributed by atoms with Gasteiger partial charge in [0.2, 0.25) is 5.91 Å². The minimum Gasteiger partial charge on any atom is -0.324 e. The summed E-state index contributed by atoms with van der Waals surface area (Å²) in [6.45, 7) is -0.735. The second kappa shape index (κ2) is 9.22. The first-order chi connectivity index (χ1) is 16.2. The first-order valence-electron chi connectivity index (χ1n) is 10.2. The number of halogens is 3. The maximum Gasteiger partial charge on any atom is 0.418 e. The molecule has 3 aromatic rings. The van der Waals surface area contributed by atoms with Gasteiger partial charge in [-0.25, -0.2) is 9.69 Å². The first kappa shape index (κ1) is 22.8. The molecule has 2 N–H and O–H groups in total. The molecule has 0 aliphatic carbocycles. The maximum atomic E-state index is 13.1. The zero-order valence-corrected chi connectivity index (χ0v) is 17.6. The highest BCUT2D eigenvalue weighted by Gasteiger charge is 2.36. The van der Waals surface area contributed by atoms with Crippen LogP contribution in [0, 0.1) is 0 Å². The van der Waals surface area contributed by atoms with Crippen molar-refractivity contribution in [1.82, 2.24) is 10.2 Å². The highest BCUT2D eigenvalue weighted by atomic mass is 19.4. The molecular formula is C25H18F3N3O3. The molecule has 1 heterocycles. The fourth-order valence-corrected chi connectivity index (χ4v) is 3.46. The van der Waals surface area contributed by atoms with Gasteiger partial charge in [0, 0.05) is 0 Å². The van der Waals surface area contributed by atoms with Crippen molar-refractivity contribution in [2.24, 2.45) is 0 Å². The van der Waals surface area contributed by atoms with Gasteiger partial charge >= 0.3 is 12.2 Å². The third kappa shape index (κ3) is 4.98. The number of urea groups is 1.